The van der Waals surface area contributed by atoms with Crippen LogP contribution in [0, 0.1) is 6.92 Å². The highest BCUT2D eigenvalue weighted by Crippen LogP contribution is 2.28. The Balaban J connectivity index is 1.75. The smallest absolute Gasteiger partial charge is 0.0798 e. The third kappa shape index (κ3) is 2.13. The first-order chi connectivity index (χ1) is 6.70. The first-order valence-electron chi connectivity index (χ1n) is 5.08. The lowest BCUT2D eigenvalue weighted by Crippen LogP contribution is -2.53. The van der Waals surface area contributed by atoms with Gasteiger partial charge in [0.2, 0.25) is 0 Å². The van der Waals surface area contributed by atoms with E-state index in [1.165, 1.54) is 24.1 Å². The number of aryl methyl sites for hydroxylation is 1. The van der Waals surface area contributed by atoms with Crippen LogP contribution in [0.4, 0.5) is 0 Å². The van der Waals surface area contributed by atoms with Crippen LogP contribution in [0.3, 0.4) is 0 Å². The van der Waals surface area contributed by atoms with E-state index in [1.54, 1.807) is 11.3 Å². The van der Waals surface area contributed by atoms with E-state index >= 15 is 0 Å². The molecule has 78 valence electrons. The molecule has 1 aromatic heterocycles. The van der Waals surface area contributed by atoms with Crippen molar-refractivity contribution in [1.82, 2.24) is 10.3 Å². The molecule has 0 spiro atoms. The van der Waals surface area contributed by atoms with Crippen molar-refractivity contribution < 1.29 is 0 Å². The maximum Gasteiger partial charge on any atom is 0.0798 e. The lowest BCUT2D eigenvalue weighted by Gasteiger charge is -2.38. The first kappa shape index (κ1) is 10.1. The highest BCUT2D eigenvalue weighted by molar-refractivity contribution is 7.09. The second-order valence-electron chi connectivity index (χ2n) is 4.18. The minimum Gasteiger partial charge on any atom is -0.324 e. The van der Waals surface area contributed by atoms with Crippen LogP contribution in [0.15, 0.2) is 5.51 Å². The van der Waals surface area contributed by atoms with E-state index in [1.807, 2.05) is 5.51 Å². The van der Waals surface area contributed by atoms with Crippen LogP contribution >= 0.6 is 11.3 Å². The summed E-state index contributed by atoms with van der Waals surface area (Å²) in [7, 11) is 0. The zero-order valence-corrected chi connectivity index (χ0v) is 9.36. The number of rotatable bonds is 4. The van der Waals surface area contributed by atoms with Gasteiger partial charge < -0.3 is 11.1 Å². The maximum atomic E-state index is 6.11. The summed E-state index contributed by atoms with van der Waals surface area (Å²) < 4.78 is 0. The van der Waals surface area contributed by atoms with E-state index in [0.29, 0.717) is 0 Å². The minimum absolute atomic E-state index is 0.0819. The quantitative estimate of drug-likeness (QED) is 0.792. The van der Waals surface area contributed by atoms with Gasteiger partial charge in [-0.15, -0.1) is 11.3 Å². The molecule has 3 nitrogen and oxygen atoms in total. The Morgan fingerprint density at radius 2 is 2.43 bits per heavy atom. The van der Waals surface area contributed by atoms with Gasteiger partial charge in [-0.25, -0.2) is 4.98 Å². The van der Waals surface area contributed by atoms with Crippen molar-refractivity contribution in [2.45, 2.75) is 38.3 Å². The molecule has 0 bridgehead atoms. The zero-order chi connectivity index (χ0) is 10.0. The summed E-state index contributed by atoms with van der Waals surface area (Å²) in [6.07, 6.45) is 3.63. The summed E-state index contributed by atoms with van der Waals surface area (Å²) in [6, 6.07) is 0. The molecule has 2 rings (SSSR count). The SMILES string of the molecule is Cc1ncsc1CNCC1(N)CCC1. The third-order valence-electron chi connectivity index (χ3n) is 2.96. The Morgan fingerprint density at radius 3 is 2.93 bits per heavy atom. The molecule has 1 aliphatic carbocycles. The maximum absolute atomic E-state index is 6.11. The molecule has 0 unspecified atom stereocenters. The fraction of sp³-hybridized carbons (Fsp3) is 0.700. The molecule has 1 aliphatic rings. The molecule has 1 saturated carbocycles. The van der Waals surface area contributed by atoms with Crippen molar-refractivity contribution in [2.75, 3.05) is 6.54 Å². The summed E-state index contributed by atoms with van der Waals surface area (Å²) in [4.78, 5) is 5.54. The summed E-state index contributed by atoms with van der Waals surface area (Å²) >= 11 is 1.71. The van der Waals surface area contributed by atoms with Gasteiger partial charge in [0.1, 0.15) is 0 Å². The monoisotopic (exact) mass is 211 g/mol. The molecule has 1 heterocycles. The number of nitrogens with one attached hydrogen (secondary N) is 1. The first-order valence-corrected chi connectivity index (χ1v) is 5.96. The van der Waals surface area contributed by atoms with Gasteiger partial charge in [-0.2, -0.15) is 0 Å². The summed E-state index contributed by atoms with van der Waals surface area (Å²) in [5.41, 5.74) is 9.23. The van der Waals surface area contributed by atoms with Gasteiger partial charge in [0, 0.05) is 23.5 Å². The molecule has 4 heteroatoms. The highest BCUT2D eigenvalue weighted by atomic mass is 32.1. The van der Waals surface area contributed by atoms with Crippen molar-refractivity contribution in [3.05, 3.63) is 16.1 Å². The Kier molecular flexibility index (Phi) is 2.85. The molecular weight excluding hydrogens is 194 g/mol. The number of thiazole rings is 1. The molecule has 0 atom stereocenters. The molecule has 14 heavy (non-hydrogen) atoms. The molecule has 3 N–H and O–H groups in total. The Bertz CT molecular complexity index is 304. The van der Waals surface area contributed by atoms with Crippen LogP contribution in [0.25, 0.3) is 0 Å². The second kappa shape index (κ2) is 3.96. The Morgan fingerprint density at radius 1 is 1.64 bits per heavy atom. The molecule has 0 amide bonds. The van der Waals surface area contributed by atoms with Gasteiger partial charge >= 0.3 is 0 Å². The van der Waals surface area contributed by atoms with Crippen molar-refractivity contribution >= 4 is 11.3 Å². The van der Waals surface area contributed by atoms with Crippen LogP contribution in [0.1, 0.15) is 29.8 Å². The summed E-state index contributed by atoms with van der Waals surface area (Å²) in [6.45, 7) is 3.90. The second-order valence-corrected chi connectivity index (χ2v) is 5.12. The van der Waals surface area contributed by atoms with Crippen molar-refractivity contribution in [2.24, 2.45) is 5.73 Å². The Hall–Kier alpha value is -0.450. The number of nitrogens with zero attached hydrogens (tertiary/aromatic N) is 1. The van der Waals surface area contributed by atoms with Crippen molar-refractivity contribution in [3.63, 3.8) is 0 Å². The molecule has 1 fully saturated rings. The highest BCUT2D eigenvalue weighted by Gasteiger charge is 2.31. The average molecular weight is 211 g/mol. The normalized spacial score (nSPS) is 19.3. The number of aromatic nitrogens is 1. The van der Waals surface area contributed by atoms with Crippen molar-refractivity contribution in [1.29, 1.82) is 0 Å². The lowest BCUT2D eigenvalue weighted by atomic mass is 9.78. The predicted molar refractivity (Wildman–Crippen MR) is 59.3 cm³/mol. The van der Waals surface area contributed by atoms with Gasteiger partial charge in [0.15, 0.2) is 0 Å². The van der Waals surface area contributed by atoms with Gasteiger partial charge in [0.05, 0.1) is 11.2 Å². The molecular formula is C10H17N3S. The minimum atomic E-state index is 0.0819. The van der Waals surface area contributed by atoms with Gasteiger partial charge in [0.25, 0.3) is 0 Å². The molecule has 0 aliphatic heterocycles. The van der Waals surface area contributed by atoms with E-state index in [4.69, 9.17) is 5.73 Å². The van der Waals surface area contributed by atoms with Crippen LogP contribution in [-0.4, -0.2) is 17.1 Å². The number of hydrogen-bond donors (Lipinski definition) is 2. The lowest BCUT2D eigenvalue weighted by molar-refractivity contribution is 0.239. The van der Waals surface area contributed by atoms with Crippen LogP contribution < -0.4 is 11.1 Å². The fourth-order valence-electron chi connectivity index (χ4n) is 1.73. The fourth-order valence-corrected chi connectivity index (χ4v) is 2.48. The number of hydrogen-bond acceptors (Lipinski definition) is 4. The summed E-state index contributed by atoms with van der Waals surface area (Å²) in [5, 5.41) is 3.42. The topological polar surface area (TPSA) is 50.9 Å². The van der Waals surface area contributed by atoms with E-state index < -0.39 is 0 Å². The van der Waals surface area contributed by atoms with Gasteiger partial charge in [-0.3, -0.25) is 0 Å². The van der Waals surface area contributed by atoms with E-state index in [9.17, 15) is 0 Å². The molecule has 0 saturated heterocycles. The molecule has 0 aromatic carbocycles. The molecule has 1 aromatic rings. The third-order valence-corrected chi connectivity index (χ3v) is 3.89. The predicted octanol–water partition coefficient (Wildman–Crippen LogP) is 1.42. The number of nitrogens with two attached hydrogens (primary N) is 1. The van der Waals surface area contributed by atoms with E-state index in [0.717, 1.165) is 18.8 Å². The summed E-state index contributed by atoms with van der Waals surface area (Å²) in [5.74, 6) is 0. The standard InChI is InChI=1S/C10H17N3S/c1-8-9(14-7-13-8)5-12-6-10(11)3-2-4-10/h7,12H,2-6,11H2,1H3. The van der Waals surface area contributed by atoms with E-state index in [-0.39, 0.29) is 5.54 Å². The zero-order valence-electron chi connectivity index (χ0n) is 8.55. The van der Waals surface area contributed by atoms with Gasteiger partial charge in [-0.05, 0) is 26.2 Å². The van der Waals surface area contributed by atoms with E-state index in [2.05, 4.69) is 17.2 Å². The molecule has 0 radical (unpaired) electrons. The van der Waals surface area contributed by atoms with Crippen LogP contribution in [0.5, 0.6) is 0 Å². The average Bonchev–Trinajstić information content (AvgIpc) is 2.49. The van der Waals surface area contributed by atoms with Crippen LogP contribution in [-0.2, 0) is 6.54 Å². The van der Waals surface area contributed by atoms with Crippen molar-refractivity contribution in [3.8, 4) is 0 Å². The largest absolute Gasteiger partial charge is 0.324 e. The Labute approximate surface area is 88.7 Å². The van der Waals surface area contributed by atoms with Crippen LogP contribution in [0.2, 0.25) is 0 Å². The van der Waals surface area contributed by atoms with Gasteiger partial charge in [-0.1, -0.05) is 0 Å².